The second-order valence-electron chi connectivity index (χ2n) is 4.27. The molecule has 0 bridgehead atoms. The fourth-order valence-electron chi connectivity index (χ4n) is 1.60. The van der Waals surface area contributed by atoms with E-state index in [4.69, 9.17) is 9.47 Å². The Balaban J connectivity index is 2.10. The van der Waals surface area contributed by atoms with Crippen molar-refractivity contribution in [1.82, 2.24) is 10.6 Å². The Labute approximate surface area is 129 Å². The third kappa shape index (κ3) is 7.37. The molecule has 2 amide bonds. The maximum absolute atomic E-state index is 11.5. The summed E-state index contributed by atoms with van der Waals surface area (Å²) in [7, 11) is 1.59. The normalized spacial score (nSPS) is 9.73. The molecular formula is C15H22N2O5. The van der Waals surface area contributed by atoms with Gasteiger partial charge in [-0.05, 0) is 19.1 Å². The molecule has 0 saturated heterocycles. The number of alkyl carbamates (subject to hydrolysis) is 1. The summed E-state index contributed by atoms with van der Waals surface area (Å²) in [6, 6.07) is 7.23. The fraction of sp³-hybridized carbons (Fsp3) is 0.467. The van der Waals surface area contributed by atoms with Crippen LogP contribution in [-0.2, 0) is 9.53 Å². The Bertz CT molecular complexity index is 479. The average molecular weight is 310 g/mol. The van der Waals surface area contributed by atoms with E-state index in [1.165, 1.54) is 0 Å². The molecule has 1 rings (SSSR count). The minimum absolute atomic E-state index is 0.161. The van der Waals surface area contributed by atoms with Gasteiger partial charge in [0.25, 0.3) is 0 Å². The summed E-state index contributed by atoms with van der Waals surface area (Å²) in [6.07, 6.45) is -0.325. The zero-order chi connectivity index (χ0) is 16.2. The highest BCUT2D eigenvalue weighted by atomic mass is 16.5. The van der Waals surface area contributed by atoms with E-state index in [1.54, 1.807) is 20.1 Å². The molecule has 0 atom stereocenters. The highest BCUT2D eigenvalue weighted by Crippen LogP contribution is 2.18. The van der Waals surface area contributed by atoms with Crippen LogP contribution in [-0.4, -0.2) is 45.4 Å². The smallest absolute Gasteiger partial charge is 0.407 e. The van der Waals surface area contributed by atoms with Crippen molar-refractivity contribution >= 4 is 12.0 Å². The molecule has 7 nitrogen and oxygen atoms in total. The molecule has 0 fully saturated rings. The number of nitrogens with one attached hydrogen (secondary N) is 2. The Kier molecular flexibility index (Phi) is 8.25. The number of methoxy groups -OCH3 is 1. The molecule has 2 N–H and O–H groups in total. The van der Waals surface area contributed by atoms with Crippen molar-refractivity contribution in [3.63, 3.8) is 0 Å². The van der Waals surface area contributed by atoms with Crippen molar-refractivity contribution in [2.24, 2.45) is 0 Å². The molecule has 0 radical (unpaired) electrons. The Hall–Kier alpha value is -2.44. The van der Waals surface area contributed by atoms with Gasteiger partial charge in [-0.3, -0.25) is 4.79 Å². The van der Waals surface area contributed by atoms with Crippen LogP contribution in [0.3, 0.4) is 0 Å². The summed E-state index contributed by atoms with van der Waals surface area (Å²) in [6.45, 7) is 3.00. The molecule has 0 aliphatic heterocycles. The quantitative estimate of drug-likeness (QED) is 0.672. The first-order valence-electron chi connectivity index (χ1n) is 7.10. The standard InChI is InChI=1S/C15H22N2O5/c1-3-21-15(19)17-8-7-14(18)16-9-10-22-13-6-4-5-12(11-13)20-2/h4-6,11H,3,7-10H2,1-2H3,(H,16,18)(H,17,19). The summed E-state index contributed by atoms with van der Waals surface area (Å²) in [5.74, 6) is 1.23. The molecule has 0 aliphatic rings. The van der Waals surface area contributed by atoms with Gasteiger partial charge in [0.15, 0.2) is 0 Å². The van der Waals surface area contributed by atoms with E-state index in [9.17, 15) is 9.59 Å². The Morgan fingerprint density at radius 2 is 1.91 bits per heavy atom. The van der Waals surface area contributed by atoms with Crippen LogP contribution in [0, 0.1) is 0 Å². The zero-order valence-corrected chi connectivity index (χ0v) is 12.9. The van der Waals surface area contributed by atoms with E-state index in [-0.39, 0.29) is 18.9 Å². The Morgan fingerprint density at radius 3 is 2.64 bits per heavy atom. The number of rotatable bonds is 9. The van der Waals surface area contributed by atoms with Gasteiger partial charge in [-0.25, -0.2) is 4.79 Å². The van der Waals surface area contributed by atoms with E-state index < -0.39 is 6.09 Å². The van der Waals surface area contributed by atoms with Crippen molar-refractivity contribution < 1.29 is 23.8 Å². The molecule has 0 aromatic heterocycles. The molecule has 0 spiro atoms. The van der Waals surface area contributed by atoms with Gasteiger partial charge in [0.1, 0.15) is 18.1 Å². The van der Waals surface area contributed by atoms with Crippen molar-refractivity contribution in [3.05, 3.63) is 24.3 Å². The number of hydrogen-bond acceptors (Lipinski definition) is 5. The van der Waals surface area contributed by atoms with Gasteiger partial charge in [-0.1, -0.05) is 6.07 Å². The molecule has 0 unspecified atom stereocenters. The topological polar surface area (TPSA) is 85.9 Å². The van der Waals surface area contributed by atoms with E-state index in [0.29, 0.717) is 31.3 Å². The monoisotopic (exact) mass is 310 g/mol. The van der Waals surface area contributed by atoms with Crippen molar-refractivity contribution in [3.8, 4) is 11.5 Å². The summed E-state index contributed by atoms with van der Waals surface area (Å²) in [4.78, 5) is 22.5. The average Bonchev–Trinajstić information content (AvgIpc) is 2.52. The number of carbonyl (C=O) groups excluding carboxylic acids is 2. The first-order chi connectivity index (χ1) is 10.7. The first kappa shape index (κ1) is 17.6. The predicted octanol–water partition coefficient (Wildman–Crippen LogP) is 1.33. The van der Waals surface area contributed by atoms with E-state index in [1.807, 2.05) is 18.2 Å². The largest absolute Gasteiger partial charge is 0.497 e. The number of carbonyl (C=O) groups is 2. The molecule has 0 saturated carbocycles. The molecule has 1 aromatic carbocycles. The lowest BCUT2D eigenvalue weighted by Crippen LogP contribution is -2.32. The molecule has 122 valence electrons. The van der Waals surface area contributed by atoms with E-state index >= 15 is 0 Å². The molecular weight excluding hydrogens is 288 g/mol. The summed E-state index contributed by atoms with van der Waals surface area (Å²) < 4.78 is 15.3. The lowest BCUT2D eigenvalue weighted by atomic mass is 10.3. The van der Waals surface area contributed by atoms with E-state index in [0.717, 1.165) is 0 Å². The summed E-state index contributed by atoms with van der Waals surface area (Å²) in [5.41, 5.74) is 0. The maximum atomic E-state index is 11.5. The lowest BCUT2D eigenvalue weighted by Gasteiger charge is -2.09. The molecule has 0 aliphatic carbocycles. The van der Waals surface area contributed by atoms with Crippen LogP contribution in [0.15, 0.2) is 24.3 Å². The van der Waals surface area contributed by atoms with Gasteiger partial charge in [-0.15, -0.1) is 0 Å². The number of hydrogen-bond donors (Lipinski definition) is 2. The highest BCUT2D eigenvalue weighted by Gasteiger charge is 2.04. The second-order valence-corrected chi connectivity index (χ2v) is 4.27. The minimum Gasteiger partial charge on any atom is -0.497 e. The van der Waals surface area contributed by atoms with Crippen LogP contribution < -0.4 is 20.1 Å². The molecule has 7 heteroatoms. The van der Waals surface area contributed by atoms with Crippen LogP contribution >= 0.6 is 0 Å². The second kappa shape index (κ2) is 10.3. The van der Waals surface area contributed by atoms with Crippen LogP contribution in [0.5, 0.6) is 11.5 Å². The third-order valence-corrected chi connectivity index (χ3v) is 2.63. The predicted molar refractivity (Wildman–Crippen MR) is 81.1 cm³/mol. The van der Waals surface area contributed by atoms with Crippen molar-refractivity contribution in [1.29, 1.82) is 0 Å². The number of ether oxygens (including phenoxy) is 3. The molecule has 0 heterocycles. The van der Waals surface area contributed by atoms with Crippen LogP contribution in [0.4, 0.5) is 4.79 Å². The Morgan fingerprint density at radius 1 is 1.14 bits per heavy atom. The van der Waals surface area contributed by atoms with Gasteiger partial charge >= 0.3 is 6.09 Å². The first-order valence-corrected chi connectivity index (χ1v) is 7.10. The maximum Gasteiger partial charge on any atom is 0.407 e. The number of amides is 2. The minimum atomic E-state index is -0.517. The lowest BCUT2D eigenvalue weighted by molar-refractivity contribution is -0.121. The van der Waals surface area contributed by atoms with Crippen LogP contribution in [0.1, 0.15) is 13.3 Å². The fourth-order valence-corrected chi connectivity index (χ4v) is 1.60. The van der Waals surface area contributed by atoms with Crippen molar-refractivity contribution in [2.45, 2.75) is 13.3 Å². The van der Waals surface area contributed by atoms with Gasteiger partial charge in [-0.2, -0.15) is 0 Å². The number of benzene rings is 1. The SMILES string of the molecule is CCOC(=O)NCCC(=O)NCCOc1cccc(OC)c1. The van der Waals surface area contributed by atoms with Gasteiger partial charge in [0.05, 0.1) is 20.3 Å². The van der Waals surface area contributed by atoms with Gasteiger partial charge in [0.2, 0.25) is 5.91 Å². The molecule has 22 heavy (non-hydrogen) atoms. The van der Waals surface area contributed by atoms with Gasteiger partial charge in [0, 0.05) is 19.0 Å². The third-order valence-electron chi connectivity index (χ3n) is 2.63. The summed E-state index contributed by atoms with van der Waals surface area (Å²) >= 11 is 0. The van der Waals surface area contributed by atoms with Crippen LogP contribution in [0.25, 0.3) is 0 Å². The zero-order valence-electron chi connectivity index (χ0n) is 12.9. The van der Waals surface area contributed by atoms with Gasteiger partial charge < -0.3 is 24.8 Å². The van der Waals surface area contributed by atoms with Crippen molar-refractivity contribution in [2.75, 3.05) is 33.4 Å². The summed E-state index contributed by atoms with van der Waals surface area (Å²) in [5, 5.41) is 5.18. The van der Waals surface area contributed by atoms with E-state index in [2.05, 4.69) is 15.4 Å². The molecule has 1 aromatic rings. The van der Waals surface area contributed by atoms with Crippen LogP contribution in [0.2, 0.25) is 0 Å². The highest BCUT2D eigenvalue weighted by molar-refractivity contribution is 5.76.